The third-order valence-corrected chi connectivity index (χ3v) is 4.44. The van der Waals surface area contributed by atoms with Crippen molar-refractivity contribution < 1.29 is 8.42 Å². The van der Waals surface area contributed by atoms with Gasteiger partial charge in [0.25, 0.3) is 0 Å². The summed E-state index contributed by atoms with van der Waals surface area (Å²) in [6.45, 7) is 2.23. The zero-order chi connectivity index (χ0) is 13.9. The molecule has 0 aromatic carbocycles. The van der Waals surface area contributed by atoms with Crippen LogP contribution in [-0.2, 0) is 9.84 Å². The topological polar surface area (TPSA) is 62.3 Å². The zero-order valence-corrected chi connectivity index (χ0v) is 12.3. The number of anilines is 1. The van der Waals surface area contributed by atoms with Gasteiger partial charge in [-0.1, -0.05) is 0 Å². The number of aromatic nitrogens is 1. The van der Waals surface area contributed by atoms with E-state index in [4.69, 9.17) is 0 Å². The summed E-state index contributed by atoms with van der Waals surface area (Å²) in [4.78, 5) is 6.33. The number of rotatable bonds is 3. The van der Waals surface area contributed by atoms with Gasteiger partial charge < -0.3 is 10.2 Å². The molecule has 0 spiro atoms. The number of hydrogen-bond acceptors (Lipinski definition) is 5. The zero-order valence-electron chi connectivity index (χ0n) is 11.5. The van der Waals surface area contributed by atoms with Crippen molar-refractivity contribution in [3.63, 3.8) is 0 Å². The van der Waals surface area contributed by atoms with E-state index >= 15 is 0 Å². The van der Waals surface area contributed by atoms with Crippen LogP contribution in [-0.4, -0.2) is 50.7 Å². The van der Waals surface area contributed by atoms with Gasteiger partial charge in [-0.2, -0.15) is 0 Å². The number of nitrogens with one attached hydrogen (secondary N) is 1. The molecule has 0 radical (unpaired) electrons. The summed E-state index contributed by atoms with van der Waals surface area (Å²) in [5.41, 5.74) is 0.891. The molecule has 0 amide bonds. The summed E-state index contributed by atoms with van der Waals surface area (Å²) >= 11 is 0. The SMILES string of the molecule is CN1CCCC(Nc2ccc(S(C)(=O)=O)nc2)CC1. The molecule has 0 saturated carbocycles. The van der Waals surface area contributed by atoms with E-state index in [2.05, 4.69) is 22.2 Å². The lowest BCUT2D eigenvalue weighted by Gasteiger charge is -2.17. The molecule has 1 aliphatic heterocycles. The van der Waals surface area contributed by atoms with E-state index in [1.54, 1.807) is 18.3 Å². The molecule has 2 heterocycles. The molecule has 19 heavy (non-hydrogen) atoms. The molecule has 6 heteroatoms. The standard InChI is InChI=1S/C13H21N3O2S/c1-16-8-3-4-11(7-9-16)15-12-5-6-13(14-10-12)19(2,17)18/h5-6,10-11,15H,3-4,7-9H2,1-2H3. The van der Waals surface area contributed by atoms with Gasteiger partial charge in [0.05, 0.1) is 11.9 Å². The van der Waals surface area contributed by atoms with E-state index < -0.39 is 9.84 Å². The maximum Gasteiger partial charge on any atom is 0.192 e. The fourth-order valence-electron chi connectivity index (χ4n) is 2.31. The van der Waals surface area contributed by atoms with Gasteiger partial charge in [-0.15, -0.1) is 0 Å². The van der Waals surface area contributed by atoms with Crippen molar-refractivity contribution in [1.82, 2.24) is 9.88 Å². The van der Waals surface area contributed by atoms with Crippen LogP contribution in [0, 0.1) is 0 Å². The second kappa shape index (κ2) is 5.88. The Hall–Kier alpha value is -1.14. The molecule has 106 valence electrons. The first-order chi connectivity index (χ1) is 8.95. The molecule has 1 atom stereocenters. The average molecular weight is 283 g/mol. The van der Waals surface area contributed by atoms with Crippen LogP contribution in [0.4, 0.5) is 5.69 Å². The molecule has 0 bridgehead atoms. The summed E-state index contributed by atoms with van der Waals surface area (Å²) in [6, 6.07) is 3.79. The summed E-state index contributed by atoms with van der Waals surface area (Å²) in [5, 5.41) is 3.56. The molecule has 1 aliphatic rings. The lowest BCUT2D eigenvalue weighted by molar-refractivity contribution is 0.348. The number of likely N-dealkylation sites (tertiary alicyclic amines) is 1. The highest BCUT2D eigenvalue weighted by Crippen LogP contribution is 2.16. The second-order valence-electron chi connectivity index (χ2n) is 5.23. The van der Waals surface area contributed by atoms with Crippen molar-refractivity contribution in [1.29, 1.82) is 0 Å². The highest BCUT2D eigenvalue weighted by atomic mass is 32.2. The van der Waals surface area contributed by atoms with E-state index in [1.807, 2.05) is 0 Å². The highest BCUT2D eigenvalue weighted by Gasteiger charge is 2.15. The van der Waals surface area contributed by atoms with Gasteiger partial charge in [0.15, 0.2) is 14.9 Å². The van der Waals surface area contributed by atoms with Gasteiger partial charge >= 0.3 is 0 Å². The van der Waals surface area contributed by atoms with Crippen molar-refractivity contribution in [2.45, 2.75) is 30.3 Å². The molecule has 1 saturated heterocycles. The maximum atomic E-state index is 11.3. The Morgan fingerprint density at radius 1 is 1.32 bits per heavy atom. The van der Waals surface area contributed by atoms with E-state index in [9.17, 15) is 8.42 Å². The van der Waals surface area contributed by atoms with Crippen LogP contribution in [0.3, 0.4) is 0 Å². The van der Waals surface area contributed by atoms with Gasteiger partial charge in [0.2, 0.25) is 0 Å². The van der Waals surface area contributed by atoms with Gasteiger partial charge in [-0.25, -0.2) is 13.4 Å². The fraction of sp³-hybridized carbons (Fsp3) is 0.615. The lowest BCUT2D eigenvalue weighted by atomic mass is 10.1. The Morgan fingerprint density at radius 3 is 2.74 bits per heavy atom. The molecule has 1 fully saturated rings. The van der Waals surface area contributed by atoms with Crippen molar-refractivity contribution >= 4 is 15.5 Å². The smallest absolute Gasteiger partial charge is 0.192 e. The third-order valence-electron chi connectivity index (χ3n) is 3.44. The second-order valence-corrected chi connectivity index (χ2v) is 7.20. The fourth-order valence-corrected chi connectivity index (χ4v) is 2.86. The highest BCUT2D eigenvalue weighted by molar-refractivity contribution is 7.90. The molecule has 1 unspecified atom stereocenters. The third kappa shape index (κ3) is 4.18. The van der Waals surface area contributed by atoms with Crippen LogP contribution < -0.4 is 5.32 Å². The summed E-state index contributed by atoms with van der Waals surface area (Å²) in [7, 11) is -1.07. The predicted octanol–water partition coefficient (Wildman–Crippen LogP) is 1.38. The van der Waals surface area contributed by atoms with E-state index in [0.717, 1.165) is 31.6 Å². The molecule has 5 nitrogen and oxygen atoms in total. The van der Waals surface area contributed by atoms with E-state index in [1.165, 1.54) is 12.7 Å². The number of hydrogen-bond donors (Lipinski definition) is 1. The summed E-state index contributed by atoms with van der Waals surface area (Å²) < 4.78 is 22.7. The van der Waals surface area contributed by atoms with E-state index in [-0.39, 0.29) is 5.03 Å². The number of sulfone groups is 1. The van der Waals surface area contributed by atoms with Crippen LogP contribution in [0.15, 0.2) is 23.4 Å². The molecular formula is C13H21N3O2S. The van der Waals surface area contributed by atoms with Crippen LogP contribution >= 0.6 is 0 Å². The molecular weight excluding hydrogens is 262 g/mol. The first-order valence-electron chi connectivity index (χ1n) is 6.56. The molecule has 0 aliphatic carbocycles. The van der Waals surface area contributed by atoms with Crippen LogP contribution in [0.2, 0.25) is 0 Å². The Labute approximate surface area is 114 Å². The van der Waals surface area contributed by atoms with Gasteiger partial charge in [0, 0.05) is 12.3 Å². The normalized spacial score (nSPS) is 21.9. The van der Waals surface area contributed by atoms with E-state index in [0.29, 0.717) is 6.04 Å². The Bertz CT molecular complexity index is 513. The first kappa shape index (κ1) is 14.3. The van der Waals surface area contributed by atoms with Crippen molar-refractivity contribution in [3.05, 3.63) is 18.3 Å². The average Bonchev–Trinajstić information content (AvgIpc) is 2.54. The number of nitrogens with zero attached hydrogens (tertiary/aromatic N) is 2. The first-order valence-corrected chi connectivity index (χ1v) is 8.45. The molecule has 1 aromatic heterocycles. The van der Waals surface area contributed by atoms with Gasteiger partial charge in [-0.05, 0) is 51.5 Å². The Kier molecular flexibility index (Phi) is 4.42. The van der Waals surface area contributed by atoms with Gasteiger partial charge in [0.1, 0.15) is 0 Å². The Balaban J connectivity index is 1.99. The minimum absolute atomic E-state index is 0.124. The number of pyridine rings is 1. The molecule has 1 aromatic rings. The largest absolute Gasteiger partial charge is 0.381 e. The van der Waals surface area contributed by atoms with Gasteiger partial charge in [-0.3, -0.25) is 0 Å². The van der Waals surface area contributed by atoms with Crippen molar-refractivity contribution in [2.75, 3.05) is 31.7 Å². The minimum Gasteiger partial charge on any atom is -0.381 e. The van der Waals surface area contributed by atoms with Crippen molar-refractivity contribution in [3.8, 4) is 0 Å². The molecule has 1 N–H and O–H groups in total. The summed E-state index contributed by atoms with van der Waals surface area (Å²) in [5.74, 6) is 0. The van der Waals surface area contributed by atoms with Crippen LogP contribution in [0.1, 0.15) is 19.3 Å². The van der Waals surface area contributed by atoms with Crippen molar-refractivity contribution in [2.24, 2.45) is 0 Å². The summed E-state index contributed by atoms with van der Waals surface area (Å²) in [6.07, 6.45) is 6.19. The maximum absolute atomic E-state index is 11.3. The lowest BCUT2D eigenvalue weighted by Crippen LogP contribution is -2.23. The monoisotopic (exact) mass is 283 g/mol. The predicted molar refractivity (Wildman–Crippen MR) is 76.1 cm³/mol. The Morgan fingerprint density at radius 2 is 2.11 bits per heavy atom. The van der Waals surface area contributed by atoms with Crippen LogP contribution in [0.5, 0.6) is 0 Å². The van der Waals surface area contributed by atoms with Crippen LogP contribution in [0.25, 0.3) is 0 Å². The quantitative estimate of drug-likeness (QED) is 0.908. The molecule has 2 rings (SSSR count). The minimum atomic E-state index is -3.21.